The Morgan fingerprint density at radius 3 is 2.68 bits per heavy atom. The zero-order chi connectivity index (χ0) is 18.0. The number of rotatable bonds is 5. The Kier molecular flexibility index (Phi) is 4.85. The van der Waals surface area contributed by atoms with E-state index in [1.165, 1.54) is 15.7 Å². The highest BCUT2D eigenvalue weighted by Gasteiger charge is 2.14. The third-order valence-corrected chi connectivity index (χ3v) is 4.93. The van der Waals surface area contributed by atoms with Gasteiger partial charge in [0.1, 0.15) is 11.4 Å². The first-order chi connectivity index (χ1) is 12.0. The lowest BCUT2D eigenvalue weighted by Crippen LogP contribution is -2.25. The number of hydrogen-bond acceptors (Lipinski definition) is 5. The second-order valence-electron chi connectivity index (χ2n) is 5.77. The maximum Gasteiger partial charge on any atom is 0.282 e. The van der Waals surface area contributed by atoms with Crippen LogP contribution in [-0.4, -0.2) is 22.4 Å². The summed E-state index contributed by atoms with van der Waals surface area (Å²) in [6.07, 6.45) is 0.875. The molecule has 0 fully saturated rings. The maximum absolute atomic E-state index is 12.6. The van der Waals surface area contributed by atoms with Crippen molar-refractivity contribution in [3.8, 4) is 5.75 Å². The molecule has 25 heavy (non-hydrogen) atoms. The molecule has 0 aliphatic rings. The largest absolute Gasteiger partial charge is 0.497 e. The van der Waals surface area contributed by atoms with Crippen molar-refractivity contribution in [3.05, 3.63) is 57.0 Å². The van der Waals surface area contributed by atoms with Gasteiger partial charge in [0.2, 0.25) is 5.91 Å². The molecule has 130 valence electrons. The SMILES string of the molecule is COc1ccc(CCC(=O)Nc2c(C)nc3scc(C)n3c2=O)cc1. The summed E-state index contributed by atoms with van der Waals surface area (Å²) in [4.78, 5) is 29.9. The summed E-state index contributed by atoms with van der Waals surface area (Å²) in [6, 6.07) is 7.57. The molecule has 3 rings (SSSR count). The zero-order valence-electron chi connectivity index (χ0n) is 14.3. The lowest BCUT2D eigenvalue weighted by atomic mass is 10.1. The van der Waals surface area contributed by atoms with E-state index in [1.807, 2.05) is 36.6 Å². The van der Waals surface area contributed by atoms with Gasteiger partial charge in [-0.2, -0.15) is 0 Å². The van der Waals surface area contributed by atoms with Crippen LogP contribution in [0.15, 0.2) is 34.4 Å². The number of aromatic nitrogens is 2. The molecule has 2 heterocycles. The van der Waals surface area contributed by atoms with Crippen LogP contribution < -0.4 is 15.6 Å². The quantitative estimate of drug-likeness (QED) is 0.762. The fourth-order valence-corrected chi connectivity index (χ4v) is 3.48. The number of methoxy groups -OCH3 is 1. The number of hydrogen-bond donors (Lipinski definition) is 1. The average Bonchev–Trinajstić information content (AvgIpc) is 2.98. The van der Waals surface area contributed by atoms with Crippen LogP contribution in [0.2, 0.25) is 0 Å². The number of amides is 1. The van der Waals surface area contributed by atoms with E-state index in [-0.39, 0.29) is 23.6 Å². The van der Waals surface area contributed by atoms with E-state index in [9.17, 15) is 9.59 Å². The topological polar surface area (TPSA) is 72.7 Å². The summed E-state index contributed by atoms with van der Waals surface area (Å²) in [5.74, 6) is 0.577. The van der Waals surface area contributed by atoms with Gasteiger partial charge < -0.3 is 10.1 Å². The van der Waals surface area contributed by atoms with Crippen molar-refractivity contribution in [2.45, 2.75) is 26.7 Å². The van der Waals surface area contributed by atoms with Gasteiger partial charge in [0.05, 0.1) is 12.8 Å². The van der Waals surface area contributed by atoms with Gasteiger partial charge in [0.15, 0.2) is 4.96 Å². The van der Waals surface area contributed by atoms with Crippen molar-refractivity contribution >= 4 is 27.9 Å². The number of anilines is 1. The Morgan fingerprint density at radius 2 is 2.00 bits per heavy atom. The van der Waals surface area contributed by atoms with Gasteiger partial charge in [-0.1, -0.05) is 12.1 Å². The minimum absolute atomic E-state index is 0.203. The molecule has 0 saturated carbocycles. The average molecular weight is 357 g/mol. The van der Waals surface area contributed by atoms with E-state index in [1.54, 1.807) is 14.0 Å². The lowest BCUT2D eigenvalue weighted by molar-refractivity contribution is -0.116. The first kappa shape index (κ1) is 17.2. The molecule has 6 nitrogen and oxygen atoms in total. The van der Waals surface area contributed by atoms with Crippen LogP contribution in [0.25, 0.3) is 4.96 Å². The summed E-state index contributed by atoms with van der Waals surface area (Å²) in [7, 11) is 1.61. The zero-order valence-corrected chi connectivity index (χ0v) is 15.1. The fourth-order valence-electron chi connectivity index (χ4n) is 2.58. The van der Waals surface area contributed by atoms with E-state index >= 15 is 0 Å². The summed E-state index contributed by atoms with van der Waals surface area (Å²) >= 11 is 1.41. The first-order valence-corrected chi connectivity index (χ1v) is 8.78. The molecule has 1 amide bonds. The normalized spacial score (nSPS) is 10.8. The molecule has 1 aromatic carbocycles. The molecule has 0 radical (unpaired) electrons. The number of nitrogens with one attached hydrogen (secondary N) is 1. The van der Waals surface area contributed by atoms with Crippen LogP contribution in [0.5, 0.6) is 5.75 Å². The fraction of sp³-hybridized carbons (Fsp3) is 0.278. The predicted octanol–water partition coefficient (Wildman–Crippen LogP) is 2.95. The molecule has 3 aromatic rings. The number of fused-ring (bicyclic) bond motifs is 1. The third kappa shape index (κ3) is 3.56. The lowest BCUT2D eigenvalue weighted by Gasteiger charge is -2.08. The van der Waals surface area contributed by atoms with Gasteiger partial charge in [0.25, 0.3) is 5.56 Å². The van der Waals surface area contributed by atoms with Gasteiger partial charge in [-0.3, -0.25) is 14.0 Å². The highest BCUT2D eigenvalue weighted by atomic mass is 32.1. The highest BCUT2D eigenvalue weighted by molar-refractivity contribution is 7.15. The standard InChI is InChI=1S/C18H19N3O3S/c1-11-10-25-18-19-12(2)16(17(23)21(11)18)20-15(22)9-6-13-4-7-14(24-3)8-5-13/h4-5,7-8,10H,6,9H2,1-3H3,(H,20,22). The van der Waals surface area contributed by atoms with Crippen molar-refractivity contribution in [2.75, 3.05) is 12.4 Å². The smallest absolute Gasteiger partial charge is 0.282 e. The van der Waals surface area contributed by atoms with Crippen molar-refractivity contribution < 1.29 is 9.53 Å². The summed E-state index contributed by atoms with van der Waals surface area (Å²) < 4.78 is 6.64. The number of carbonyl (C=O) groups is 1. The summed E-state index contributed by atoms with van der Waals surface area (Å²) in [5.41, 5.74) is 2.39. The maximum atomic E-state index is 12.6. The number of carbonyl (C=O) groups excluding carboxylic acids is 1. The van der Waals surface area contributed by atoms with E-state index < -0.39 is 0 Å². The molecule has 1 N–H and O–H groups in total. The molecule has 0 atom stereocenters. The van der Waals surface area contributed by atoms with E-state index in [0.717, 1.165) is 17.0 Å². The number of thiazole rings is 1. The summed E-state index contributed by atoms with van der Waals surface area (Å²) in [6.45, 7) is 3.58. The minimum Gasteiger partial charge on any atom is -0.497 e. The predicted molar refractivity (Wildman–Crippen MR) is 98.8 cm³/mol. The highest BCUT2D eigenvalue weighted by Crippen LogP contribution is 2.16. The Morgan fingerprint density at radius 1 is 1.28 bits per heavy atom. The van der Waals surface area contributed by atoms with Crippen molar-refractivity contribution in [3.63, 3.8) is 0 Å². The van der Waals surface area contributed by atoms with Crippen LogP contribution in [0.4, 0.5) is 5.69 Å². The third-order valence-electron chi connectivity index (χ3n) is 3.99. The number of ether oxygens (including phenoxy) is 1. The number of benzene rings is 1. The number of nitrogens with zero attached hydrogens (tertiary/aromatic N) is 2. The van der Waals surface area contributed by atoms with Crippen LogP contribution in [0, 0.1) is 13.8 Å². The molecule has 2 aromatic heterocycles. The molecule has 0 aliphatic heterocycles. The molecule has 0 spiro atoms. The molecule has 0 unspecified atom stereocenters. The van der Waals surface area contributed by atoms with Gasteiger partial charge in [-0.15, -0.1) is 11.3 Å². The van der Waals surface area contributed by atoms with Crippen molar-refractivity contribution in [1.29, 1.82) is 0 Å². The second-order valence-corrected chi connectivity index (χ2v) is 6.61. The number of aryl methyl sites for hydroxylation is 3. The van der Waals surface area contributed by atoms with Crippen molar-refractivity contribution in [2.24, 2.45) is 0 Å². The minimum atomic E-state index is -0.237. The summed E-state index contributed by atoms with van der Waals surface area (Å²) in [5, 5.41) is 4.60. The van der Waals surface area contributed by atoms with Crippen molar-refractivity contribution in [1.82, 2.24) is 9.38 Å². The van der Waals surface area contributed by atoms with Crippen LogP contribution in [0.1, 0.15) is 23.4 Å². The second kappa shape index (κ2) is 7.06. The van der Waals surface area contributed by atoms with Gasteiger partial charge in [0, 0.05) is 17.5 Å². The van der Waals surface area contributed by atoms with Gasteiger partial charge in [-0.25, -0.2) is 4.98 Å². The molecule has 0 bridgehead atoms. The molecule has 7 heteroatoms. The van der Waals surface area contributed by atoms with Crippen LogP contribution in [-0.2, 0) is 11.2 Å². The van der Waals surface area contributed by atoms with E-state index in [0.29, 0.717) is 17.1 Å². The molecule has 0 saturated heterocycles. The van der Waals surface area contributed by atoms with Gasteiger partial charge in [-0.05, 0) is 38.0 Å². The monoisotopic (exact) mass is 357 g/mol. The Balaban J connectivity index is 1.73. The Hall–Kier alpha value is -2.67. The molecule has 0 aliphatic carbocycles. The van der Waals surface area contributed by atoms with E-state index in [2.05, 4.69) is 10.3 Å². The first-order valence-electron chi connectivity index (χ1n) is 7.90. The molecular weight excluding hydrogens is 338 g/mol. The van der Waals surface area contributed by atoms with Crippen LogP contribution in [0.3, 0.4) is 0 Å². The van der Waals surface area contributed by atoms with E-state index in [4.69, 9.17) is 4.74 Å². The van der Waals surface area contributed by atoms with Crippen LogP contribution >= 0.6 is 11.3 Å². The Labute approximate surface area is 149 Å². The Bertz CT molecular complexity index is 974. The van der Waals surface area contributed by atoms with Gasteiger partial charge >= 0.3 is 0 Å². The molecular formula is C18H19N3O3S.